The second-order valence-electron chi connectivity index (χ2n) is 7.12. The molecule has 0 amide bonds. The molecule has 0 fully saturated rings. The zero-order valence-electron chi connectivity index (χ0n) is 15.0. The largest absolute Gasteiger partial charge is 0.507 e. The van der Waals surface area contributed by atoms with Gasteiger partial charge in [-0.05, 0) is 45.8 Å². The fourth-order valence-corrected chi connectivity index (χ4v) is 2.75. The van der Waals surface area contributed by atoms with E-state index in [1.54, 1.807) is 19.9 Å². The van der Waals surface area contributed by atoms with Crippen LogP contribution in [-0.4, -0.2) is 21.6 Å². The molecule has 2 rings (SSSR count). The van der Waals surface area contributed by atoms with Crippen LogP contribution in [0.1, 0.15) is 63.4 Å². The number of hydrogen-bond acceptors (Lipinski definition) is 4. The first-order valence-electron chi connectivity index (χ1n) is 8.29. The predicted octanol–water partition coefficient (Wildman–Crippen LogP) is 4.85. The maximum Gasteiger partial charge on any atom is 0.172 e. The maximum absolute atomic E-state index is 12.5. The van der Waals surface area contributed by atoms with E-state index >= 15 is 0 Å². The van der Waals surface area contributed by atoms with Crippen LogP contribution in [0.4, 0.5) is 0 Å². The first kappa shape index (κ1) is 18.1. The minimum absolute atomic E-state index is 0.0922. The van der Waals surface area contributed by atoms with Crippen LogP contribution in [-0.2, 0) is 0 Å². The highest BCUT2D eigenvalue weighted by Crippen LogP contribution is 2.45. The smallest absolute Gasteiger partial charge is 0.172 e. The quantitative estimate of drug-likeness (QED) is 0.598. The Kier molecular flexibility index (Phi) is 5.07. The van der Waals surface area contributed by atoms with E-state index in [4.69, 9.17) is 4.74 Å². The topological polar surface area (TPSA) is 66.8 Å². The summed E-state index contributed by atoms with van der Waals surface area (Å²) in [6, 6.07) is 1.20. The van der Waals surface area contributed by atoms with Gasteiger partial charge < -0.3 is 14.9 Å². The first-order valence-corrected chi connectivity index (χ1v) is 8.29. The van der Waals surface area contributed by atoms with Crippen LogP contribution in [0.15, 0.2) is 23.8 Å². The number of rotatable bonds is 5. The van der Waals surface area contributed by atoms with Crippen molar-refractivity contribution in [2.75, 3.05) is 0 Å². The minimum atomic E-state index is -0.592. The summed E-state index contributed by atoms with van der Waals surface area (Å²) in [6.07, 6.45) is 7.39. The summed E-state index contributed by atoms with van der Waals surface area (Å²) in [7, 11) is 0. The molecule has 0 bridgehead atoms. The minimum Gasteiger partial charge on any atom is -0.507 e. The van der Waals surface area contributed by atoms with E-state index in [0.717, 1.165) is 12.8 Å². The van der Waals surface area contributed by atoms with Crippen molar-refractivity contribution < 1.29 is 19.7 Å². The van der Waals surface area contributed by atoms with E-state index in [0.29, 0.717) is 5.56 Å². The van der Waals surface area contributed by atoms with Gasteiger partial charge in [-0.3, -0.25) is 4.79 Å². The molecular weight excluding hydrogens is 304 g/mol. The molecule has 1 heterocycles. The predicted molar refractivity (Wildman–Crippen MR) is 95.7 cm³/mol. The van der Waals surface area contributed by atoms with Crippen LogP contribution in [0, 0.1) is 5.92 Å². The molecule has 1 atom stereocenters. The average molecular weight is 330 g/mol. The number of benzene rings is 1. The van der Waals surface area contributed by atoms with Crippen molar-refractivity contribution >= 4 is 11.9 Å². The Bertz CT molecular complexity index is 709. The van der Waals surface area contributed by atoms with Crippen molar-refractivity contribution in [2.24, 2.45) is 5.92 Å². The molecule has 0 radical (unpaired) electrons. The molecule has 130 valence electrons. The van der Waals surface area contributed by atoms with Gasteiger partial charge in [0.25, 0.3) is 0 Å². The van der Waals surface area contributed by atoms with Crippen LogP contribution >= 0.6 is 0 Å². The molecule has 1 aromatic rings. The fourth-order valence-electron chi connectivity index (χ4n) is 2.75. The third-order valence-electron chi connectivity index (χ3n) is 4.18. The molecule has 4 heteroatoms. The molecule has 1 aromatic carbocycles. The molecule has 0 saturated carbocycles. The zero-order valence-corrected chi connectivity index (χ0v) is 15.0. The van der Waals surface area contributed by atoms with E-state index in [2.05, 4.69) is 6.08 Å². The Morgan fingerprint density at radius 2 is 1.96 bits per heavy atom. The highest BCUT2D eigenvalue weighted by Gasteiger charge is 2.33. The summed E-state index contributed by atoms with van der Waals surface area (Å²) in [6.45, 7) is 9.58. The van der Waals surface area contributed by atoms with Gasteiger partial charge in [0.05, 0.1) is 5.56 Å². The average Bonchev–Trinajstić information content (AvgIpc) is 2.45. The molecule has 2 N–H and O–H groups in total. The van der Waals surface area contributed by atoms with E-state index in [1.807, 2.05) is 26.8 Å². The molecular formula is C20H26O4. The Morgan fingerprint density at radius 1 is 1.29 bits per heavy atom. The number of aromatic hydroxyl groups is 2. The van der Waals surface area contributed by atoms with Gasteiger partial charge in [-0.15, -0.1) is 0 Å². The number of ether oxygens (including phenoxy) is 1. The van der Waals surface area contributed by atoms with E-state index < -0.39 is 5.60 Å². The van der Waals surface area contributed by atoms with Gasteiger partial charge in [-0.2, -0.15) is 0 Å². The number of phenolic OH excluding ortho intramolecular Hbond substituents is 2. The molecule has 24 heavy (non-hydrogen) atoms. The van der Waals surface area contributed by atoms with Crippen molar-refractivity contribution in [3.63, 3.8) is 0 Å². The first-order chi connectivity index (χ1) is 11.1. The number of hydrogen-bond donors (Lipinski definition) is 2. The monoisotopic (exact) mass is 330 g/mol. The molecule has 0 unspecified atom stereocenters. The Hall–Kier alpha value is -2.23. The molecule has 0 aromatic heterocycles. The van der Waals surface area contributed by atoms with Crippen LogP contribution in [0.3, 0.4) is 0 Å². The second-order valence-corrected chi connectivity index (χ2v) is 7.12. The third kappa shape index (κ3) is 3.64. The van der Waals surface area contributed by atoms with Gasteiger partial charge in [-0.1, -0.05) is 25.5 Å². The van der Waals surface area contributed by atoms with E-state index in [1.165, 1.54) is 11.6 Å². The van der Waals surface area contributed by atoms with Crippen molar-refractivity contribution in [1.82, 2.24) is 0 Å². The van der Waals surface area contributed by atoms with Crippen LogP contribution in [0.25, 0.3) is 6.08 Å². The number of phenols is 2. The normalized spacial score (nSPS) is 18.9. The lowest BCUT2D eigenvalue weighted by molar-refractivity contribution is 0.0912. The second kappa shape index (κ2) is 6.71. The SMILES string of the molecule is CC(C)=CCC[C@@]1(C)C=Cc2c(O)cc(O)c(C(=O)C(C)C)c2O1. The lowest BCUT2D eigenvalue weighted by Gasteiger charge is -2.33. The number of Topliss-reactive ketones (excluding diaryl/α,β-unsaturated/α-hetero) is 1. The molecule has 1 aliphatic heterocycles. The van der Waals surface area contributed by atoms with Gasteiger partial charge in [0.2, 0.25) is 0 Å². The molecule has 4 nitrogen and oxygen atoms in total. The summed E-state index contributed by atoms with van der Waals surface area (Å²) >= 11 is 0. The number of carbonyl (C=O) groups excluding carboxylic acids is 1. The highest BCUT2D eigenvalue weighted by molar-refractivity contribution is 6.04. The van der Waals surface area contributed by atoms with Gasteiger partial charge >= 0.3 is 0 Å². The molecule has 0 spiro atoms. The summed E-state index contributed by atoms with van der Waals surface area (Å²) in [5.41, 5.74) is 1.24. The van der Waals surface area contributed by atoms with Gasteiger partial charge in [0.1, 0.15) is 28.4 Å². The number of allylic oxidation sites excluding steroid dienone is 2. The van der Waals surface area contributed by atoms with Gasteiger partial charge in [0, 0.05) is 12.0 Å². The summed E-state index contributed by atoms with van der Waals surface area (Å²) in [5.74, 6) is -0.549. The summed E-state index contributed by atoms with van der Waals surface area (Å²) < 4.78 is 6.11. The Balaban J connectivity index is 2.45. The molecule has 0 aliphatic carbocycles. The maximum atomic E-state index is 12.5. The van der Waals surface area contributed by atoms with Crippen molar-refractivity contribution in [3.05, 3.63) is 34.9 Å². The van der Waals surface area contributed by atoms with Gasteiger partial charge in [-0.25, -0.2) is 0 Å². The third-order valence-corrected chi connectivity index (χ3v) is 4.18. The zero-order chi connectivity index (χ0) is 18.1. The lowest BCUT2D eigenvalue weighted by Crippen LogP contribution is -2.32. The van der Waals surface area contributed by atoms with Gasteiger partial charge in [0.15, 0.2) is 5.78 Å². The van der Waals surface area contributed by atoms with E-state index in [9.17, 15) is 15.0 Å². The number of fused-ring (bicyclic) bond motifs is 1. The van der Waals surface area contributed by atoms with E-state index in [-0.39, 0.29) is 34.5 Å². The van der Waals surface area contributed by atoms with Crippen molar-refractivity contribution in [2.45, 2.75) is 53.1 Å². The van der Waals surface area contributed by atoms with Crippen LogP contribution in [0.5, 0.6) is 17.2 Å². The Labute approximate surface area is 143 Å². The molecule has 0 saturated heterocycles. The van der Waals surface area contributed by atoms with Crippen LogP contribution in [0.2, 0.25) is 0 Å². The number of carbonyl (C=O) groups is 1. The Morgan fingerprint density at radius 3 is 2.54 bits per heavy atom. The van der Waals surface area contributed by atoms with Crippen LogP contribution < -0.4 is 4.74 Å². The summed E-state index contributed by atoms with van der Waals surface area (Å²) in [5, 5.41) is 20.3. The molecule has 1 aliphatic rings. The highest BCUT2D eigenvalue weighted by atomic mass is 16.5. The number of ketones is 1. The lowest BCUT2D eigenvalue weighted by atomic mass is 9.90. The van der Waals surface area contributed by atoms with Crippen molar-refractivity contribution in [1.29, 1.82) is 0 Å². The fraction of sp³-hybridized carbons (Fsp3) is 0.450. The summed E-state index contributed by atoms with van der Waals surface area (Å²) in [4.78, 5) is 12.5. The standard InChI is InChI=1S/C20H26O4/c1-12(2)7-6-9-20(5)10-8-14-15(21)11-16(22)17(19(14)24-20)18(23)13(3)4/h7-8,10-11,13,21-22H,6,9H2,1-5H3/t20-/m0/s1. The van der Waals surface area contributed by atoms with Crippen molar-refractivity contribution in [3.8, 4) is 17.2 Å².